The van der Waals surface area contributed by atoms with Gasteiger partial charge in [-0.2, -0.15) is 0 Å². The number of nitro groups is 1. The molecular weight excluding hydrogens is 349 g/mol. The fraction of sp³-hybridized carbons (Fsp3) is 0. The molecule has 0 aliphatic carbocycles. The van der Waals surface area contributed by atoms with Crippen molar-refractivity contribution in [3.8, 4) is 11.4 Å². The minimum Gasteiger partial charge on any atom is -0.334 e. The molecular formula is C19H12FN5O2. The Morgan fingerprint density at radius 1 is 1.00 bits per heavy atom. The molecule has 8 heteroatoms. The lowest BCUT2D eigenvalue weighted by atomic mass is 10.2. The van der Waals surface area contributed by atoms with E-state index < -0.39 is 10.7 Å². The Kier molecular flexibility index (Phi) is 4.13. The number of rotatable bonds is 4. The average Bonchev–Trinajstić information content (AvgIpc) is 2.69. The lowest BCUT2D eigenvalue weighted by molar-refractivity contribution is -0.384. The standard InChI is InChI=1S/C19H12FN5O2/c20-13-5-6-16(17(11-13)25(26)27)23-19-14-3-1-2-4-15(14)22-18(24-19)12-7-9-21-10-8-12/h1-11H,(H,22,23,24). The number of anilines is 2. The van der Waals surface area contributed by atoms with E-state index in [4.69, 9.17) is 0 Å². The molecule has 1 N–H and O–H groups in total. The van der Waals surface area contributed by atoms with E-state index in [-0.39, 0.29) is 11.4 Å². The van der Waals surface area contributed by atoms with Crippen molar-refractivity contribution < 1.29 is 9.31 Å². The van der Waals surface area contributed by atoms with Crippen LogP contribution in [0.3, 0.4) is 0 Å². The molecule has 0 saturated carbocycles. The van der Waals surface area contributed by atoms with E-state index in [0.717, 1.165) is 17.7 Å². The average molecular weight is 361 g/mol. The molecule has 0 radical (unpaired) electrons. The van der Waals surface area contributed by atoms with Gasteiger partial charge in [-0.25, -0.2) is 14.4 Å². The van der Waals surface area contributed by atoms with Crippen LogP contribution in [0.1, 0.15) is 0 Å². The van der Waals surface area contributed by atoms with E-state index in [0.29, 0.717) is 22.5 Å². The van der Waals surface area contributed by atoms with E-state index in [1.165, 1.54) is 6.07 Å². The summed E-state index contributed by atoms with van der Waals surface area (Å²) in [4.78, 5) is 23.7. The van der Waals surface area contributed by atoms with Gasteiger partial charge in [0.15, 0.2) is 5.82 Å². The van der Waals surface area contributed by atoms with Crippen LogP contribution in [0.5, 0.6) is 0 Å². The van der Waals surface area contributed by atoms with E-state index in [1.807, 2.05) is 24.3 Å². The Balaban J connectivity index is 1.88. The summed E-state index contributed by atoms with van der Waals surface area (Å²) >= 11 is 0. The first-order chi connectivity index (χ1) is 13.1. The first kappa shape index (κ1) is 16.5. The van der Waals surface area contributed by atoms with Crippen molar-refractivity contribution in [2.24, 2.45) is 0 Å². The molecule has 0 aliphatic heterocycles. The number of para-hydroxylation sites is 1. The third-order valence-electron chi connectivity index (χ3n) is 3.95. The Morgan fingerprint density at radius 3 is 2.56 bits per heavy atom. The summed E-state index contributed by atoms with van der Waals surface area (Å²) in [5.74, 6) is 0.155. The number of nitrogens with one attached hydrogen (secondary N) is 1. The summed E-state index contributed by atoms with van der Waals surface area (Å²) in [6.07, 6.45) is 3.26. The largest absolute Gasteiger partial charge is 0.334 e. The molecule has 0 atom stereocenters. The van der Waals surface area contributed by atoms with Crippen molar-refractivity contribution in [3.05, 3.63) is 82.9 Å². The highest BCUT2D eigenvalue weighted by atomic mass is 19.1. The van der Waals surface area contributed by atoms with Crippen molar-refractivity contribution in [2.45, 2.75) is 0 Å². The summed E-state index contributed by atoms with van der Waals surface area (Å²) in [6, 6.07) is 14.2. The van der Waals surface area contributed by atoms with Crippen LogP contribution in [0.4, 0.5) is 21.6 Å². The first-order valence-corrected chi connectivity index (χ1v) is 8.00. The fourth-order valence-corrected chi connectivity index (χ4v) is 2.69. The second-order valence-corrected chi connectivity index (χ2v) is 5.69. The van der Waals surface area contributed by atoms with Crippen LogP contribution in [0.15, 0.2) is 67.0 Å². The third-order valence-corrected chi connectivity index (χ3v) is 3.95. The second kappa shape index (κ2) is 6.75. The van der Waals surface area contributed by atoms with Gasteiger partial charge < -0.3 is 5.32 Å². The highest BCUT2D eigenvalue weighted by molar-refractivity contribution is 5.93. The maximum Gasteiger partial charge on any atom is 0.295 e. The molecule has 0 fully saturated rings. The number of fused-ring (bicyclic) bond motifs is 1. The molecule has 132 valence electrons. The number of hydrogen-bond donors (Lipinski definition) is 1. The molecule has 0 unspecified atom stereocenters. The van der Waals surface area contributed by atoms with Gasteiger partial charge in [-0.15, -0.1) is 0 Å². The lowest BCUT2D eigenvalue weighted by Crippen LogP contribution is -2.02. The Bertz CT molecular complexity index is 1150. The van der Waals surface area contributed by atoms with Gasteiger partial charge in [0.25, 0.3) is 5.69 Å². The minimum atomic E-state index is -0.683. The van der Waals surface area contributed by atoms with Gasteiger partial charge >= 0.3 is 0 Å². The van der Waals surface area contributed by atoms with E-state index >= 15 is 0 Å². The van der Waals surface area contributed by atoms with Crippen LogP contribution < -0.4 is 5.32 Å². The zero-order valence-corrected chi connectivity index (χ0v) is 13.8. The van der Waals surface area contributed by atoms with Crippen LogP contribution >= 0.6 is 0 Å². The van der Waals surface area contributed by atoms with Crippen LogP contribution in [-0.4, -0.2) is 19.9 Å². The number of halogens is 1. The van der Waals surface area contributed by atoms with Gasteiger partial charge in [-0.05, 0) is 36.4 Å². The van der Waals surface area contributed by atoms with E-state index in [2.05, 4.69) is 20.3 Å². The maximum atomic E-state index is 13.4. The zero-order chi connectivity index (χ0) is 18.8. The first-order valence-electron chi connectivity index (χ1n) is 8.00. The second-order valence-electron chi connectivity index (χ2n) is 5.69. The van der Waals surface area contributed by atoms with Crippen molar-refractivity contribution in [2.75, 3.05) is 5.32 Å². The Labute approximate surface area is 152 Å². The highest BCUT2D eigenvalue weighted by Crippen LogP contribution is 2.31. The zero-order valence-electron chi connectivity index (χ0n) is 13.8. The Morgan fingerprint density at radius 2 is 1.78 bits per heavy atom. The number of hydrogen-bond acceptors (Lipinski definition) is 6. The Hall–Kier alpha value is -3.94. The van der Waals surface area contributed by atoms with Gasteiger partial charge in [0, 0.05) is 23.3 Å². The van der Waals surface area contributed by atoms with Crippen molar-refractivity contribution in [1.29, 1.82) is 0 Å². The number of benzene rings is 2. The summed E-state index contributed by atoms with van der Waals surface area (Å²) in [5.41, 5.74) is 1.20. The van der Waals surface area contributed by atoms with Crippen LogP contribution in [-0.2, 0) is 0 Å². The van der Waals surface area contributed by atoms with Gasteiger partial charge in [0.05, 0.1) is 16.5 Å². The highest BCUT2D eigenvalue weighted by Gasteiger charge is 2.17. The van der Waals surface area contributed by atoms with E-state index in [1.54, 1.807) is 24.5 Å². The van der Waals surface area contributed by atoms with Crippen molar-refractivity contribution in [1.82, 2.24) is 15.0 Å². The van der Waals surface area contributed by atoms with Crippen LogP contribution in [0.25, 0.3) is 22.3 Å². The number of nitro benzene ring substituents is 1. The normalized spacial score (nSPS) is 10.7. The van der Waals surface area contributed by atoms with Crippen LogP contribution in [0, 0.1) is 15.9 Å². The molecule has 4 aromatic rings. The molecule has 0 aliphatic rings. The summed E-state index contributed by atoms with van der Waals surface area (Å²) in [5, 5.41) is 14.9. The maximum absolute atomic E-state index is 13.4. The smallest absolute Gasteiger partial charge is 0.295 e. The topological polar surface area (TPSA) is 93.8 Å². The molecule has 0 amide bonds. The van der Waals surface area contributed by atoms with Gasteiger partial charge in [-0.3, -0.25) is 15.1 Å². The molecule has 27 heavy (non-hydrogen) atoms. The summed E-state index contributed by atoms with van der Waals surface area (Å²) in [6.45, 7) is 0. The van der Waals surface area contributed by atoms with Crippen molar-refractivity contribution in [3.63, 3.8) is 0 Å². The molecule has 7 nitrogen and oxygen atoms in total. The summed E-state index contributed by atoms with van der Waals surface area (Å²) in [7, 11) is 0. The lowest BCUT2D eigenvalue weighted by Gasteiger charge is -2.11. The molecule has 2 aromatic carbocycles. The molecule has 0 saturated heterocycles. The fourth-order valence-electron chi connectivity index (χ4n) is 2.69. The number of aromatic nitrogens is 3. The molecule has 2 aromatic heterocycles. The summed E-state index contributed by atoms with van der Waals surface area (Å²) < 4.78 is 13.4. The SMILES string of the molecule is O=[N+]([O-])c1cc(F)ccc1Nc1nc(-c2ccncc2)nc2ccccc12. The number of nitrogens with zero attached hydrogens (tertiary/aromatic N) is 4. The minimum absolute atomic E-state index is 0.144. The quantitative estimate of drug-likeness (QED) is 0.425. The predicted octanol–water partition coefficient (Wildman–Crippen LogP) is 4.48. The molecule has 0 spiro atoms. The molecule has 2 heterocycles. The molecule has 4 rings (SSSR count). The number of pyridine rings is 1. The van der Waals surface area contributed by atoms with Gasteiger partial charge in [0.2, 0.25) is 0 Å². The van der Waals surface area contributed by atoms with Gasteiger partial charge in [-0.1, -0.05) is 12.1 Å². The monoisotopic (exact) mass is 361 g/mol. The van der Waals surface area contributed by atoms with Crippen molar-refractivity contribution >= 4 is 28.1 Å². The molecule has 0 bridgehead atoms. The van der Waals surface area contributed by atoms with Gasteiger partial charge in [0.1, 0.15) is 17.3 Å². The van der Waals surface area contributed by atoms with Crippen LogP contribution in [0.2, 0.25) is 0 Å². The predicted molar refractivity (Wildman–Crippen MR) is 99.1 cm³/mol. The van der Waals surface area contributed by atoms with E-state index in [9.17, 15) is 14.5 Å². The third kappa shape index (κ3) is 3.28.